The van der Waals surface area contributed by atoms with Gasteiger partial charge in [0.1, 0.15) is 5.75 Å². The standard InChI is InChI=1S/C14H17NO/c15-11-3-4-12-7-9-14(10-8-12)16-13-5-1-2-6-13/h7-10,13H,1-6H2. The van der Waals surface area contributed by atoms with Crippen LogP contribution in [0.2, 0.25) is 0 Å². The van der Waals surface area contributed by atoms with Crippen LogP contribution in [-0.2, 0) is 6.42 Å². The predicted octanol–water partition coefficient (Wildman–Crippen LogP) is 3.46. The van der Waals surface area contributed by atoms with E-state index in [9.17, 15) is 0 Å². The summed E-state index contributed by atoms with van der Waals surface area (Å²) in [5.41, 5.74) is 1.21. The number of benzene rings is 1. The fourth-order valence-corrected chi connectivity index (χ4v) is 2.13. The molecule has 0 radical (unpaired) electrons. The minimum Gasteiger partial charge on any atom is -0.490 e. The molecule has 2 nitrogen and oxygen atoms in total. The Balaban J connectivity index is 1.88. The highest BCUT2D eigenvalue weighted by Gasteiger charge is 2.16. The van der Waals surface area contributed by atoms with Crippen molar-refractivity contribution in [3.8, 4) is 11.8 Å². The maximum absolute atomic E-state index is 8.50. The van der Waals surface area contributed by atoms with Crippen LogP contribution in [-0.4, -0.2) is 6.10 Å². The Morgan fingerprint density at radius 2 is 1.88 bits per heavy atom. The minimum atomic E-state index is 0.421. The van der Waals surface area contributed by atoms with E-state index in [-0.39, 0.29) is 0 Å². The molecule has 0 atom stereocenters. The second-order valence-corrected chi connectivity index (χ2v) is 4.33. The molecule has 1 saturated carbocycles. The average Bonchev–Trinajstić information content (AvgIpc) is 2.81. The SMILES string of the molecule is N#CCCc1ccc(OC2CCCC2)cc1. The lowest BCUT2D eigenvalue weighted by atomic mass is 10.1. The molecule has 0 saturated heterocycles. The third-order valence-electron chi connectivity index (χ3n) is 3.05. The molecule has 0 unspecified atom stereocenters. The van der Waals surface area contributed by atoms with Crippen molar-refractivity contribution < 1.29 is 4.74 Å². The predicted molar refractivity (Wildman–Crippen MR) is 63.3 cm³/mol. The van der Waals surface area contributed by atoms with E-state index in [4.69, 9.17) is 10.00 Å². The fourth-order valence-electron chi connectivity index (χ4n) is 2.13. The van der Waals surface area contributed by atoms with Gasteiger partial charge in [0.25, 0.3) is 0 Å². The van der Waals surface area contributed by atoms with E-state index in [0.29, 0.717) is 12.5 Å². The molecule has 0 bridgehead atoms. The van der Waals surface area contributed by atoms with Crippen molar-refractivity contribution in [2.75, 3.05) is 0 Å². The van der Waals surface area contributed by atoms with Gasteiger partial charge in [-0.2, -0.15) is 5.26 Å². The van der Waals surface area contributed by atoms with E-state index < -0.39 is 0 Å². The molecular weight excluding hydrogens is 198 g/mol. The topological polar surface area (TPSA) is 33.0 Å². The molecule has 84 valence electrons. The molecule has 1 aromatic rings. The van der Waals surface area contributed by atoms with Crippen molar-refractivity contribution in [1.82, 2.24) is 0 Å². The van der Waals surface area contributed by atoms with Gasteiger partial charge in [-0.15, -0.1) is 0 Å². The van der Waals surface area contributed by atoms with Crippen molar-refractivity contribution in [1.29, 1.82) is 5.26 Å². The Morgan fingerprint density at radius 1 is 1.19 bits per heavy atom. The van der Waals surface area contributed by atoms with Crippen molar-refractivity contribution in [2.45, 2.75) is 44.6 Å². The van der Waals surface area contributed by atoms with Gasteiger partial charge < -0.3 is 4.74 Å². The Hall–Kier alpha value is -1.49. The van der Waals surface area contributed by atoms with Gasteiger partial charge in [0, 0.05) is 6.42 Å². The van der Waals surface area contributed by atoms with Crippen LogP contribution in [0.1, 0.15) is 37.7 Å². The normalized spacial score (nSPS) is 15.9. The molecule has 1 aliphatic rings. The largest absolute Gasteiger partial charge is 0.490 e. The van der Waals surface area contributed by atoms with E-state index in [1.54, 1.807) is 0 Å². The van der Waals surface area contributed by atoms with Gasteiger partial charge in [-0.25, -0.2) is 0 Å². The van der Waals surface area contributed by atoms with Gasteiger partial charge in [-0.3, -0.25) is 0 Å². The summed E-state index contributed by atoms with van der Waals surface area (Å²) in [7, 11) is 0. The fraction of sp³-hybridized carbons (Fsp3) is 0.500. The van der Waals surface area contributed by atoms with Crippen LogP contribution in [0.4, 0.5) is 0 Å². The first-order chi connectivity index (χ1) is 7.88. The highest BCUT2D eigenvalue weighted by molar-refractivity contribution is 5.27. The number of nitrogens with zero attached hydrogens (tertiary/aromatic N) is 1. The Morgan fingerprint density at radius 3 is 2.50 bits per heavy atom. The van der Waals surface area contributed by atoms with Crippen LogP contribution >= 0.6 is 0 Å². The lowest BCUT2D eigenvalue weighted by Crippen LogP contribution is -2.10. The highest BCUT2D eigenvalue weighted by Crippen LogP contribution is 2.24. The van der Waals surface area contributed by atoms with Gasteiger partial charge in [-0.05, 0) is 49.8 Å². The Kier molecular flexibility index (Phi) is 3.82. The summed E-state index contributed by atoms with van der Waals surface area (Å²) in [6.07, 6.45) is 6.82. The van der Waals surface area contributed by atoms with Crippen LogP contribution in [0.15, 0.2) is 24.3 Å². The van der Waals surface area contributed by atoms with Gasteiger partial charge in [0.05, 0.1) is 12.2 Å². The van der Waals surface area contributed by atoms with Crippen LogP contribution in [0.5, 0.6) is 5.75 Å². The minimum absolute atomic E-state index is 0.421. The number of rotatable bonds is 4. The first-order valence-electron chi connectivity index (χ1n) is 6.01. The maximum atomic E-state index is 8.50. The van der Waals surface area contributed by atoms with Crippen LogP contribution in [0.3, 0.4) is 0 Å². The number of aryl methyl sites for hydroxylation is 1. The van der Waals surface area contributed by atoms with Crippen molar-refractivity contribution >= 4 is 0 Å². The number of nitriles is 1. The quantitative estimate of drug-likeness (QED) is 0.770. The summed E-state index contributed by atoms with van der Waals surface area (Å²) in [6.45, 7) is 0. The van der Waals surface area contributed by atoms with Crippen molar-refractivity contribution in [3.05, 3.63) is 29.8 Å². The first-order valence-corrected chi connectivity index (χ1v) is 6.01. The summed E-state index contributed by atoms with van der Waals surface area (Å²) < 4.78 is 5.87. The smallest absolute Gasteiger partial charge is 0.119 e. The average molecular weight is 215 g/mol. The van der Waals surface area contributed by atoms with Crippen LogP contribution in [0.25, 0.3) is 0 Å². The Bertz CT molecular complexity index is 357. The molecule has 2 heteroatoms. The third kappa shape index (κ3) is 3.00. The second-order valence-electron chi connectivity index (χ2n) is 4.33. The van der Waals surface area contributed by atoms with E-state index in [2.05, 4.69) is 18.2 Å². The summed E-state index contributed by atoms with van der Waals surface area (Å²) in [5.74, 6) is 0.965. The molecule has 0 aliphatic heterocycles. The zero-order valence-corrected chi connectivity index (χ0v) is 9.48. The molecule has 0 N–H and O–H groups in total. The summed E-state index contributed by atoms with van der Waals surface area (Å²) in [5, 5.41) is 8.50. The van der Waals surface area contributed by atoms with Crippen LogP contribution < -0.4 is 4.74 Å². The lowest BCUT2D eigenvalue weighted by Gasteiger charge is -2.13. The van der Waals surface area contributed by atoms with Crippen LogP contribution in [0, 0.1) is 11.3 Å². The van der Waals surface area contributed by atoms with Gasteiger partial charge >= 0.3 is 0 Å². The molecule has 0 spiro atoms. The van der Waals surface area contributed by atoms with Crippen molar-refractivity contribution in [2.24, 2.45) is 0 Å². The zero-order chi connectivity index (χ0) is 11.2. The van der Waals surface area contributed by atoms with Gasteiger partial charge in [0.15, 0.2) is 0 Å². The molecule has 0 amide bonds. The highest BCUT2D eigenvalue weighted by atomic mass is 16.5. The van der Waals surface area contributed by atoms with E-state index in [0.717, 1.165) is 12.2 Å². The molecule has 1 aromatic carbocycles. The number of ether oxygens (including phenoxy) is 1. The molecule has 0 aromatic heterocycles. The monoisotopic (exact) mass is 215 g/mol. The maximum Gasteiger partial charge on any atom is 0.119 e. The second kappa shape index (κ2) is 5.55. The molecule has 2 rings (SSSR count). The molecule has 1 fully saturated rings. The summed E-state index contributed by atoms with van der Waals surface area (Å²) in [4.78, 5) is 0. The summed E-state index contributed by atoms with van der Waals surface area (Å²) >= 11 is 0. The van der Waals surface area contributed by atoms with Gasteiger partial charge in [-0.1, -0.05) is 12.1 Å². The van der Waals surface area contributed by atoms with Crippen molar-refractivity contribution in [3.63, 3.8) is 0 Å². The Labute approximate surface area is 96.9 Å². The lowest BCUT2D eigenvalue weighted by molar-refractivity contribution is 0.210. The molecular formula is C14H17NO. The summed E-state index contributed by atoms with van der Waals surface area (Å²) in [6, 6.07) is 10.3. The first kappa shape index (κ1) is 11.0. The molecule has 0 heterocycles. The zero-order valence-electron chi connectivity index (χ0n) is 9.48. The van der Waals surface area contributed by atoms with E-state index >= 15 is 0 Å². The number of hydrogen-bond donors (Lipinski definition) is 0. The number of hydrogen-bond acceptors (Lipinski definition) is 2. The molecule has 16 heavy (non-hydrogen) atoms. The van der Waals surface area contributed by atoms with Gasteiger partial charge in [0.2, 0.25) is 0 Å². The van der Waals surface area contributed by atoms with E-state index in [1.807, 2.05) is 12.1 Å². The van der Waals surface area contributed by atoms with E-state index in [1.165, 1.54) is 31.2 Å². The third-order valence-corrected chi connectivity index (χ3v) is 3.05. The molecule has 1 aliphatic carbocycles.